The van der Waals surface area contributed by atoms with E-state index in [-0.39, 0.29) is 24.0 Å². The van der Waals surface area contributed by atoms with Gasteiger partial charge in [-0.3, -0.25) is 9.89 Å². The van der Waals surface area contributed by atoms with Gasteiger partial charge in [-0.2, -0.15) is 0 Å². The summed E-state index contributed by atoms with van der Waals surface area (Å²) >= 11 is 0. The molecule has 8 heteroatoms. The first kappa shape index (κ1) is 27.8. The summed E-state index contributed by atoms with van der Waals surface area (Å²) in [6.07, 6.45) is 3.45. The highest BCUT2D eigenvalue weighted by Gasteiger charge is 2.23. The number of halogens is 1. The molecule has 0 aromatic heterocycles. The van der Waals surface area contributed by atoms with Crippen LogP contribution in [0.4, 0.5) is 0 Å². The van der Waals surface area contributed by atoms with Gasteiger partial charge in [-0.15, -0.1) is 24.0 Å². The third-order valence-corrected chi connectivity index (χ3v) is 5.77. The van der Waals surface area contributed by atoms with Gasteiger partial charge in [-0.25, -0.2) is 0 Å². The summed E-state index contributed by atoms with van der Waals surface area (Å²) in [5, 5.41) is 7.04. The maximum absolute atomic E-state index is 5.39. The van der Waals surface area contributed by atoms with Crippen LogP contribution in [0.25, 0.3) is 0 Å². The summed E-state index contributed by atoms with van der Waals surface area (Å²) in [6, 6.07) is 7.10. The summed E-state index contributed by atoms with van der Waals surface area (Å²) in [4.78, 5) is 9.25. The molecule has 1 unspecified atom stereocenters. The zero-order chi connectivity index (χ0) is 21.9. The van der Waals surface area contributed by atoms with Crippen LogP contribution in [0.2, 0.25) is 0 Å². The standard InChI is InChI=1S/C23H41N5O2.HI/c1-18(2)27(4)11-8-7-10-25-23(24-3)26-20-9-12-28(17-20)16-19-13-21(29-5)15-22(14-19)30-6;/h13-15,18,20H,7-12,16-17H2,1-6H3,(H2,24,25,26);1H. The van der Waals surface area contributed by atoms with Gasteiger partial charge in [0.2, 0.25) is 0 Å². The molecule has 7 nitrogen and oxygen atoms in total. The first-order valence-corrected chi connectivity index (χ1v) is 11.1. The number of methoxy groups -OCH3 is 2. The fraction of sp³-hybridized carbons (Fsp3) is 0.696. The average molecular weight is 548 g/mol. The van der Waals surface area contributed by atoms with Crippen molar-refractivity contribution in [3.05, 3.63) is 23.8 Å². The Morgan fingerprint density at radius 1 is 1.19 bits per heavy atom. The molecule has 1 saturated heterocycles. The number of guanidine groups is 1. The summed E-state index contributed by atoms with van der Waals surface area (Å²) in [5.41, 5.74) is 1.21. The number of benzene rings is 1. The van der Waals surface area contributed by atoms with Crippen LogP contribution < -0.4 is 20.1 Å². The highest BCUT2D eigenvalue weighted by Crippen LogP contribution is 2.24. The molecular formula is C23H42IN5O2. The fourth-order valence-electron chi connectivity index (χ4n) is 3.65. The lowest BCUT2D eigenvalue weighted by molar-refractivity contribution is 0.268. The van der Waals surface area contributed by atoms with Crippen LogP contribution in [0.1, 0.15) is 38.7 Å². The monoisotopic (exact) mass is 547 g/mol. The van der Waals surface area contributed by atoms with Gasteiger partial charge in [0.25, 0.3) is 0 Å². The van der Waals surface area contributed by atoms with Crippen LogP contribution in [0.15, 0.2) is 23.2 Å². The normalized spacial score (nSPS) is 17.0. The lowest BCUT2D eigenvalue weighted by Gasteiger charge is -2.21. The summed E-state index contributed by atoms with van der Waals surface area (Å²) < 4.78 is 10.8. The Balaban J connectivity index is 0.00000480. The molecule has 0 saturated carbocycles. The first-order valence-electron chi connectivity index (χ1n) is 11.1. The number of aliphatic imine (C=N–C) groups is 1. The summed E-state index contributed by atoms with van der Waals surface area (Å²) in [7, 11) is 7.41. The molecule has 1 aromatic rings. The molecule has 1 fully saturated rings. The van der Waals surface area contributed by atoms with Crippen molar-refractivity contribution in [3.8, 4) is 11.5 Å². The molecule has 31 heavy (non-hydrogen) atoms. The number of hydrogen-bond donors (Lipinski definition) is 2. The second-order valence-electron chi connectivity index (χ2n) is 8.37. The van der Waals surface area contributed by atoms with Crippen LogP contribution >= 0.6 is 24.0 Å². The third-order valence-electron chi connectivity index (χ3n) is 5.77. The van der Waals surface area contributed by atoms with E-state index >= 15 is 0 Å². The van der Waals surface area contributed by atoms with Crippen molar-refractivity contribution in [1.82, 2.24) is 20.4 Å². The number of rotatable bonds is 11. The van der Waals surface area contributed by atoms with Crippen LogP contribution in [0, 0.1) is 0 Å². The Bertz CT molecular complexity index is 649. The molecule has 1 atom stereocenters. The lowest BCUT2D eigenvalue weighted by atomic mass is 10.2. The van der Waals surface area contributed by atoms with E-state index in [4.69, 9.17) is 9.47 Å². The number of ether oxygens (including phenoxy) is 2. The molecule has 0 radical (unpaired) electrons. The lowest BCUT2D eigenvalue weighted by Crippen LogP contribution is -2.44. The Morgan fingerprint density at radius 2 is 1.87 bits per heavy atom. The van der Waals surface area contributed by atoms with Crippen molar-refractivity contribution in [2.45, 2.75) is 51.7 Å². The summed E-state index contributed by atoms with van der Waals surface area (Å²) in [5.74, 6) is 2.58. The molecule has 2 rings (SSSR count). The van der Waals surface area contributed by atoms with Crippen molar-refractivity contribution in [2.24, 2.45) is 4.99 Å². The van der Waals surface area contributed by atoms with Gasteiger partial charge in [0.15, 0.2) is 5.96 Å². The number of unbranched alkanes of at least 4 members (excludes halogenated alkanes) is 1. The van der Waals surface area contributed by atoms with Crippen molar-refractivity contribution < 1.29 is 9.47 Å². The van der Waals surface area contributed by atoms with Gasteiger partial charge >= 0.3 is 0 Å². The molecule has 1 aliphatic heterocycles. The van der Waals surface area contributed by atoms with Gasteiger partial charge in [0.1, 0.15) is 11.5 Å². The average Bonchev–Trinajstić information content (AvgIpc) is 3.18. The molecule has 1 aliphatic rings. The van der Waals surface area contributed by atoms with Crippen LogP contribution in [-0.4, -0.2) is 82.3 Å². The van der Waals surface area contributed by atoms with E-state index in [9.17, 15) is 0 Å². The van der Waals surface area contributed by atoms with Crippen molar-refractivity contribution in [1.29, 1.82) is 0 Å². The molecule has 178 valence electrons. The minimum Gasteiger partial charge on any atom is -0.497 e. The fourth-order valence-corrected chi connectivity index (χ4v) is 3.65. The molecule has 1 aromatic carbocycles. The van der Waals surface area contributed by atoms with Crippen LogP contribution in [-0.2, 0) is 6.54 Å². The van der Waals surface area contributed by atoms with Gasteiger partial charge in [-0.1, -0.05) is 0 Å². The zero-order valence-corrected chi connectivity index (χ0v) is 22.4. The highest BCUT2D eigenvalue weighted by atomic mass is 127. The first-order chi connectivity index (χ1) is 14.4. The smallest absolute Gasteiger partial charge is 0.191 e. The number of hydrogen-bond acceptors (Lipinski definition) is 5. The molecular weight excluding hydrogens is 505 g/mol. The van der Waals surface area contributed by atoms with Gasteiger partial charge < -0.3 is 25.0 Å². The third kappa shape index (κ3) is 9.82. The molecule has 0 aliphatic carbocycles. The predicted molar refractivity (Wildman–Crippen MR) is 140 cm³/mol. The minimum atomic E-state index is 0. The minimum absolute atomic E-state index is 0. The molecule has 0 spiro atoms. The Morgan fingerprint density at radius 3 is 2.45 bits per heavy atom. The van der Waals surface area contributed by atoms with E-state index in [1.807, 2.05) is 13.1 Å². The number of nitrogens with zero attached hydrogens (tertiary/aromatic N) is 3. The molecule has 1 heterocycles. The molecule has 0 bridgehead atoms. The predicted octanol–water partition coefficient (Wildman–Crippen LogP) is 3.18. The van der Waals surface area contributed by atoms with E-state index < -0.39 is 0 Å². The highest BCUT2D eigenvalue weighted by molar-refractivity contribution is 14.0. The Kier molecular flexibility index (Phi) is 13.2. The van der Waals surface area contributed by atoms with Crippen molar-refractivity contribution in [3.63, 3.8) is 0 Å². The van der Waals surface area contributed by atoms with Gasteiger partial charge in [0, 0.05) is 51.4 Å². The Hall–Kier alpha value is -1.26. The maximum atomic E-state index is 5.39. The van der Waals surface area contributed by atoms with E-state index in [1.54, 1.807) is 14.2 Å². The molecule has 2 N–H and O–H groups in total. The largest absolute Gasteiger partial charge is 0.497 e. The Labute approximate surface area is 206 Å². The second kappa shape index (κ2) is 14.7. The van der Waals surface area contributed by atoms with Crippen LogP contribution in [0.3, 0.4) is 0 Å². The maximum Gasteiger partial charge on any atom is 0.191 e. The molecule has 0 amide bonds. The topological polar surface area (TPSA) is 61.4 Å². The van der Waals surface area contributed by atoms with Gasteiger partial charge in [-0.05, 0) is 64.4 Å². The zero-order valence-electron chi connectivity index (χ0n) is 20.1. The van der Waals surface area contributed by atoms with Crippen LogP contribution in [0.5, 0.6) is 11.5 Å². The summed E-state index contributed by atoms with van der Waals surface area (Å²) in [6.45, 7) is 9.51. The number of nitrogens with one attached hydrogen (secondary N) is 2. The SMILES string of the molecule is CN=C(NCCCCN(C)C(C)C)NC1CCN(Cc2cc(OC)cc(OC)c2)C1.I. The van der Waals surface area contributed by atoms with E-state index in [0.29, 0.717) is 12.1 Å². The second-order valence-corrected chi connectivity index (χ2v) is 8.37. The number of likely N-dealkylation sites (tertiary alicyclic amines) is 1. The van der Waals surface area contributed by atoms with Gasteiger partial charge in [0.05, 0.1) is 14.2 Å². The van der Waals surface area contributed by atoms with E-state index in [0.717, 1.165) is 63.0 Å². The van der Waals surface area contributed by atoms with E-state index in [1.165, 1.54) is 12.0 Å². The van der Waals surface area contributed by atoms with Crippen molar-refractivity contribution in [2.75, 3.05) is 54.5 Å². The van der Waals surface area contributed by atoms with E-state index in [2.05, 4.69) is 58.5 Å². The quantitative estimate of drug-likeness (QED) is 0.192. The van der Waals surface area contributed by atoms with Crippen molar-refractivity contribution >= 4 is 29.9 Å².